The van der Waals surface area contributed by atoms with E-state index in [4.69, 9.17) is 4.74 Å². The number of alkyl halides is 3. The summed E-state index contributed by atoms with van der Waals surface area (Å²) in [5.41, 5.74) is -0.206. The molecule has 1 atom stereocenters. The van der Waals surface area contributed by atoms with Gasteiger partial charge in [-0.15, -0.1) is 0 Å². The van der Waals surface area contributed by atoms with Crippen LogP contribution in [0.1, 0.15) is 43.7 Å². The number of hydrogen-bond donors (Lipinski definition) is 2. The Bertz CT molecular complexity index is 1440. The Balaban J connectivity index is 2.09. The zero-order chi connectivity index (χ0) is 26.4. The van der Waals surface area contributed by atoms with Gasteiger partial charge in [0, 0.05) is 28.5 Å². The lowest BCUT2D eigenvalue weighted by molar-refractivity contribution is -0.160. The van der Waals surface area contributed by atoms with Crippen molar-refractivity contribution in [2.24, 2.45) is 0 Å². The lowest BCUT2D eigenvalue weighted by Gasteiger charge is -2.27. The van der Waals surface area contributed by atoms with Gasteiger partial charge in [-0.05, 0) is 45.9 Å². The van der Waals surface area contributed by atoms with Crippen molar-refractivity contribution < 1.29 is 32.9 Å². The van der Waals surface area contributed by atoms with E-state index in [9.17, 15) is 28.2 Å². The monoisotopic (exact) mass is 499 g/mol. The predicted molar refractivity (Wildman–Crippen MR) is 126 cm³/mol. The van der Waals surface area contributed by atoms with Gasteiger partial charge < -0.3 is 14.9 Å². The molecule has 2 aromatic carbocycles. The molecule has 0 spiro atoms. The van der Waals surface area contributed by atoms with Crippen molar-refractivity contribution in [3.8, 4) is 28.3 Å². The van der Waals surface area contributed by atoms with E-state index < -0.39 is 35.2 Å². The Morgan fingerprint density at radius 1 is 1.03 bits per heavy atom. The van der Waals surface area contributed by atoms with Crippen LogP contribution < -0.4 is 0 Å². The molecule has 4 aromatic rings. The third-order valence-electron chi connectivity index (χ3n) is 5.43. The molecule has 0 aliphatic rings. The maximum atomic E-state index is 13.7. The number of aromatic hydroxyl groups is 1. The fourth-order valence-electron chi connectivity index (χ4n) is 3.97. The summed E-state index contributed by atoms with van der Waals surface area (Å²) in [6, 6.07) is 13.7. The first-order chi connectivity index (χ1) is 16.8. The molecule has 10 heteroatoms. The largest absolute Gasteiger partial charge is 0.507 e. The minimum atomic E-state index is -4.84. The van der Waals surface area contributed by atoms with E-state index in [1.54, 1.807) is 33.8 Å². The maximum Gasteiger partial charge on any atom is 0.419 e. The zero-order valence-electron chi connectivity index (χ0n) is 20.0. The summed E-state index contributed by atoms with van der Waals surface area (Å²) >= 11 is 0. The number of aromatic nitrogens is 3. The van der Waals surface area contributed by atoms with Crippen LogP contribution in [0.4, 0.5) is 13.2 Å². The fourth-order valence-corrected chi connectivity index (χ4v) is 3.97. The molecule has 0 aliphatic carbocycles. The second kappa shape index (κ2) is 8.94. The molecule has 0 saturated heterocycles. The van der Waals surface area contributed by atoms with Gasteiger partial charge in [0.1, 0.15) is 5.75 Å². The highest BCUT2D eigenvalue weighted by molar-refractivity contribution is 5.81. The summed E-state index contributed by atoms with van der Waals surface area (Å²) in [4.78, 5) is 16.9. The summed E-state index contributed by atoms with van der Waals surface area (Å²) in [5.74, 6) is -2.28. The molecule has 0 aliphatic heterocycles. The van der Waals surface area contributed by atoms with E-state index in [-0.39, 0.29) is 22.5 Å². The van der Waals surface area contributed by atoms with Crippen LogP contribution in [0, 0.1) is 6.92 Å². The number of hydrogen-bond acceptors (Lipinski definition) is 5. The van der Waals surface area contributed by atoms with Gasteiger partial charge in [0.15, 0.2) is 11.8 Å². The lowest BCUT2D eigenvalue weighted by Crippen LogP contribution is -2.29. The minimum absolute atomic E-state index is 0.00269. The number of halogens is 3. The number of phenolic OH excluding ortho intramolecular Hbond substituents is 1. The highest BCUT2D eigenvalue weighted by Crippen LogP contribution is 2.41. The van der Waals surface area contributed by atoms with Crippen LogP contribution >= 0.6 is 0 Å². The molecule has 0 fully saturated rings. The third-order valence-corrected chi connectivity index (χ3v) is 5.43. The number of carboxylic acids is 1. The van der Waals surface area contributed by atoms with Crippen LogP contribution in [-0.2, 0) is 15.7 Å². The molecule has 7 nitrogen and oxygen atoms in total. The average Bonchev–Trinajstić information content (AvgIpc) is 3.20. The van der Waals surface area contributed by atoms with E-state index in [2.05, 4.69) is 10.1 Å². The molecule has 2 N–H and O–H groups in total. The van der Waals surface area contributed by atoms with Crippen molar-refractivity contribution in [3.05, 3.63) is 71.4 Å². The quantitative estimate of drug-likeness (QED) is 0.348. The summed E-state index contributed by atoms with van der Waals surface area (Å²) in [7, 11) is 0. The first-order valence-corrected chi connectivity index (χ1v) is 11.0. The van der Waals surface area contributed by atoms with Gasteiger partial charge in [-0.3, -0.25) is 0 Å². The zero-order valence-corrected chi connectivity index (χ0v) is 20.0. The van der Waals surface area contributed by atoms with Crippen molar-refractivity contribution in [1.82, 2.24) is 14.6 Å². The SMILES string of the molecule is Cc1nc2cc(-c3ccccc3)nn2c(-c2ccc(O)c(C(F)(F)F)c2)c1C(OC(C)(C)C)C(=O)O. The average molecular weight is 499 g/mol. The van der Waals surface area contributed by atoms with Crippen LogP contribution in [-0.4, -0.2) is 36.4 Å². The number of phenols is 1. The van der Waals surface area contributed by atoms with Gasteiger partial charge in [0.05, 0.1) is 22.6 Å². The number of fused-ring (bicyclic) bond motifs is 1. The molecule has 36 heavy (non-hydrogen) atoms. The molecule has 0 radical (unpaired) electrons. The van der Waals surface area contributed by atoms with Crippen LogP contribution in [0.3, 0.4) is 0 Å². The Labute approximate surface area is 204 Å². The molecular weight excluding hydrogens is 475 g/mol. The number of rotatable bonds is 5. The van der Waals surface area contributed by atoms with Gasteiger partial charge in [0.25, 0.3) is 0 Å². The normalized spacial score (nSPS) is 13.2. The predicted octanol–water partition coefficient (Wildman–Crippen LogP) is 6.04. The van der Waals surface area contributed by atoms with Gasteiger partial charge in [-0.1, -0.05) is 30.3 Å². The number of carboxylic acid groups (broad SMARTS) is 1. The molecule has 0 bridgehead atoms. The van der Waals surface area contributed by atoms with Crippen LogP contribution in [0.15, 0.2) is 54.6 Å². The molecule has 0 saturated carbocycles. The highest BCUT2D eigenvalue weighted by atomic mass is 19.4. The number of nitrogens with zero attached hydrogens (tertiary/aromatic N) is 3. The summed E-state index contributed by atoms with van der Waals surface area (Å²) in [5, 5.41) is 24.5. The molecule has 4 rings (SSSR count). The number of aryl methyl sites for hydroxylation is 1. The first-order valence-electron chi connectivity index (χ1n) is 11.0. The van der Waals surface area contributed by atoms with E-state index in [0.29, 0.717) is 11.3 Å². The Morgan fingerprint density at radius 2 is 1.69 bits per heavy atom. The molecule has 2 aromatic heterocycles. The molecule has 0 amide bonds. The van der Waals surface area contributed by atoms with Gasteiger partial charge in [-0.2, -0.15) is 18.3 Å². The number of ether oxygens (including phenoxy) is 1. The van der Waals surface area contributed by atoms with Crippen molar-refractivity contribution in [3.63, 3.8) is 0 Å². The van der Waals surface area contributed by atoms with Crippen LogP contribution in [0.25, 0.3) is 28.2 Å². The smallest absolute Gasteiger partial charge is 0.419 e. The highest BCUT2D eigenvalue weighted by Gasteiger charge is 2.36. The lowest BCUT2D eigenvalue weighted by atomic mass is 9.97. The fraction of sp³-hybridized carbons (Fsp3) is 0.269. The standard InChI is InChI=1S/C26H24F3N3O4/c1-14-21(23(24(34)35)36-25(2,3)4)22(16-10-11-19(33)17(12-16)26(27,28)29)32-20(30-14)13-18(31-32)15-8-6-5-7-9-15/h5-13,23,33H,1-4H3,(H,34,35). The Morgan fingerprint density at radius 3 is 2.28 bits per heavy atom. The number of aliphatic carboxylic acids is 1. The molecular formula is C26H24F3N3O4. The summed E-state index contributed by atoms with van der Waals surface area (Å²) in [6.07, 6.45) is -6.39. The van der Waals surface area contributed by atoms with E-state index in [1.165, 1.54) is 10.6 Å². The number of carbonyl (C=O) groups is 1. The summed E-state index contributed by atoms with van der Waals surface area (Å²) in [6.45, 7) is 6.59. The van der Waals surface area contributed by atoms with Gasteiger partial charge in [-0.25, -0.2) is 14.3 Å². The topological polar surface area (TPSA) is 97.0 Å². The Kier molecular flexibility index (Phi) is 6.25. The second-order valence-electron chi connectivity index (χ2n) is 9.30. The molecule has 2 heterocycles. The van der Waals surface area contributed by atoms with E-state index in [1.807, 2.05) is 30.3 Å². The first kappa shape index (κ1) is 25.2. The third kappa shape index (κ3) is 4.90. The van der Waals surface area contributed by atoms with Gasteiger partial charge >= 0.3 is 12.1 Å². The van der Waals surface area contributed by atoms with Crippen molar-refractivity contribution in [1.29, 1.82) is 0 Å². The van der Waals surface area contributed by atoms with Crippen molar-refractivity contribution in [2.75, 3.05) is 0 Å². The minimum Gasteiger partial charge on any atom is -0.507 e. The summed E-state index contributed by atoms with van der Waals surface area (Å²) < 4.78 is 48.1. The molecule has 188 valence electrons. The van der Waals surface area contributed by atoms with Crippen molar-refractivity contribution in [2.45, 2.75) is 45.6 Å². The Hall–Kier alpha value is -3.92. The maximum absolute atomic E-state index is 13.7. The van der Waals surface area contributed by atoms with Crippen LogP contribution in [0.5, 0.6) is 5.75 Å². The van der Waals surface area contributed by atoms with Gasteiger partial charge in [0.2, 0.25) is 0 Å². The molecule has 1 unspecified atom stereocenters. The van der Waals surface area contributed by atoms with E-state index in [0.717, 1.165) is 17.7 Å². The van der Waals surface area contributed by atoms with E-state index >= 15 is 0 Å². The van der Waals surface area contributed by atoms with Crippen molar-refractivity contribution >= 4 is 11.6 Å². The number of benzene rings is 2. The van der Waals surface area contributed by atoms with Crippen LogP contribution in [0.2, 0.25) is 0 Å². The second-order valence-corrected chi connectivity index (χ2v) is 9.30.